The van der Waals surface area contributed by atoms with Gasteiger partial charge >= 0.3 is 5.97 Å². The van der Waals surface area contributed by atoms with Crippen molar-refractivity contribution in [1.29, 1.82) is 0 Å². The Bertz CT molecular complexity index is 493. The fourth-order valence-corrected chi connectivity index (χ4v) is 2.22. The highest BCUT2D eigenvalue weighted by molar-refractivity contribution is 7.20. The Morgan fingerprint density at radius 1 is 1.57 bits per heavy atom. The smallest absolute Gasteiger partial charge is 0.348 e. The highest BCUT2D eigenvalue weighted by atomic mass is 32.1. The van der Waals surface area contributed by atoms with Crippen LogP contribution in [0.5, 0.6) is 0 Å². The first kappa shape index (κ1) is 8.96. The lowest BCUT2D eigenvalue weighted by Gasteiger charge is -1.90. The summed E-state index contributed by atoms with van der Waals surface area (Å²) in [5.41, 5.74) is 6.37. The normalized spacial score (nSPS) is 10.4. The van der Waals surface area contributed by atoms with Crippen LogP contribution in [0.2, 0.25) is 0 Å². The molecule has 0 amide bonds. The molecule has 0 aliphatic rings. The Morgan fingerprint density at radius 2 is 2.36 bits per heavy atom. The van der Waals surface area contributed by atoms with Crippen molar-refractivity contribution < 1.29 is 14.5 Å². The molecule has 0 saturated carbocycles. The van der Waals surface area contributed by atoms with E-state index >= 15 is 0 Å². The van der Waals surface area contributed by atoms with E-state index in [1.807, 2.05) is 6.20 Å². The molecule has 72 valence electrons. The molecule has 5 heteroatoms. The number of fused-ring (bicyclic) bond motifs is 1. The van der Waals surface area contributed by atoms with Gasteiger partial charge in [-0.25, -0.2) is 9.78 Å². The van der Waals surface area contributed by atoms with E-state index < -0.39 is 0 Å². The van der Waals surface area contributed by atoms with Gasteiger partial charge in [-0.3, -0.25) is 0 Å². The number of esters is 1. The first-order valence-corrected chi connectivity index (χ1v) is 4.81. The molecule has 0 unspecified atom stereocenters. The molecular formula is C9H9N2O2S+. The lowest BCUT2D eigenvalue weighted by Crippen LogP contribution is -2.01. The highest BCUT2D eigenvalue weighted by Gasteiger charge is 2.13. The van der Waals surface area contributed by atoms with Crippen molar-refractivity contribution in [3.63, 3.8) is 0 Å². The molecule has 3 N–H and O–H groups in total. The lowest BCUT2D eigenvalue weighted by atomic mass is 10.3. The largest absolute Gasteiger partial charge is 0.465 e. The van der Waals surface area contributed by atoms with Crippen LogP contribution in [0.15, 0.2) is 18.5 Å². The number of nitrogens with two attached hydrogens (primary N) is 1. The summed E-state index contributed by atoms with van der Waals surface area (Å²) in [6.07, 6.45) is 3.50. The van der Waals surface area contributed by atoms with Crippen molar-refractivity contribution in [1.82, 2.24) is 0 Å². The number of aromatic nitrogens is 1. The average Bonchev–Trinajstić information content (AvgIpc) is 2.62. The Hall–Kier alpha value is -1.62. The number of methoxy groups -OCH3 is 1. The molecule has 2 aromatic heterocycles. The molecule has 0 saturated heterocycles. The fourth-order valence-electron chi connectivity index (χ4n) is 1.22. The van der Waals surface area contributed by atoms with E-state index in [0.29, 0.717) is 10.6 Å². The topological polar surface area (TPSA) is 66.5 Å². The summed E-state index contributed by atoms with van der Waals surface area (Å²) >= 11 is 1.36. The van der Waals surface area contributed by atoms with Gasteiger partial charge in [0.2, 0.25) is 0 Å². The van der Waals surface area contributed by atoms with Crippen LogP contribution in [-0.4, -0.2) is 13.1 Å². The Balaban J connectivity index is 2.62. The van der Waals surface area contributed by atoms with Crippen molar-refractivity contribution in [2.24, 2.45) is 0 Å². The van der Waals surface area contributed by atoms with Crippen LogP contribution in [0, 0.1) is 0 Å². The number of hydrogen-bond donors (Lipinski definition) is 1. The van der Waals surface area contributed by atoms with E-state index in [1.165, 1.54) is 18.4 Å². The molecule has 0 atom stereocenters. The number of carbonyl (C=O) groups is 1. The first-order valence-electron chi connectivity index (χ1n) is 4.00. The number of anilines is 1. The predicted molar refractivity (Wildman–Crippen MR) is 54.1 cm³/mol. The number of carbonyl (C=O) groups excluding carboxylic acids is 1. The average molecular weight is 209 g/mol. The maximum Gasteiger partial charge on any atom is 0.348 e. The van der Waals surface area contributed by atoms with Gasteiger partial charge in [0, 0.05) is 5.39 Å². The van der Waals surface area contributed by atoms with Crippen LogP contribution in [0.4, 0.5) is 5.69 Å². The maximum absolute atomic E-state index is 11.2. The number of thiophene rings is 1. The zero-order valence-corrected chi connectivity index (χ0v) is 8.35. The molecule has 14 heavy (non-hydrogen) atoms. The van der Waals surface area contributed by atoms with Gasteiger partial charge in [-0.2, -0.15) is 0 Å². The number of nitrogens with one attached hydrogen (secondary N) is 1. The third-order valence-electron chi connectivity index (χ3n) is 1.91. The third-order valence-corrected chi connectivity index (χ3v) is 2.97. The Kier molecular flexibility index (Phi) is 2.09. The van der Waals surface area contributed by atoms with Crippen LogP contribution >= 0.6 is 11.3 Å². The zero-order valence-electron chi connectivity index (χ0n) is 7.53. The summed E-state index contributed by atoms with van der Waals surface area (Å²) in [5, 5.41) is 0.883. The van der Waals surface area contributed by atoms with Crippen molar-refractivity contribution in [2.75, 3.05) is 12.8 Å². The van der Waals surface area contributed by atoms with Crippen LogP contribution in [0.25, 0.3) is 10.1 Å². The van der Waals surface area contributed by atoms with E-state index in [0.717, 1.165) is 10.1 Å². The molecule has 2 aromatic rings. The van der Waals surface area contributed by atoms with Crippen LogP contribution in [0.1, 0.15) is 9.67 Å². The minimum absolute atomic E-state index is 0.328. The van der Waals surface area contributed by atoms with Crippen LogP contribution in [-0.2, 0) is 4.74 Å². The minimum atomic E-state index is -0.328. The van der Waals surface area contributed by atoms with Gasteiger partial charge in [-0.1, -0.05) is 0 Å². The van der Waals surface area contributed by atoms with E-state index in [9.17, 15) is 4.79 Å². The molecule has 4 nitrogen and oxygen atoms in total. The van der Waals surface area contributed by atoms with Crippen molar-refractivity contribution in [3.8, 4) is 0 Å². The summed E-state index contributed by atoms with van der Waals surface area (Å²) in [6, 6.07) is 1.75. The van der Waals surface area contributed by atoms with Gasteiger partial charge in [0.1, 0.15) is 15.3 Å². The van der Waals surface area contributed by atoms with E-state index in [1.54, 1.807) is 12.3 Å². The quantitative estimate of drug-likeness (QED) is 0.715. The van der Waals surface area contributed by atoms with Crippen LogP contribution < -0.4 is 10.7 Å². The van der Waals surface area contributed by atoms with Crippen molar-refractivity contribution in [2.45, 2.75) is 0 Å². The van der Waals surface area contributed by atoms with Crippen molar-refractivity contribution >= 4 is 33.1 Å². The Labute approximate surface area is 84.3 Å². The summed E-state index contributed by atoms with van der Waals surface area (Å²) in [6.45, 7) is 0. The predicted octanol–water partition coefficient (Wildman–Crippen LogP) is 1.08. The van der Waals surface area contributed by atoms with E-state index in [2.05, 4.69) is 9.72 Å². The second-order valence-electron chi connectivity index (χ2n) is 2.79. The summed E-state index contributed by atoms with van der Waals surface area (Å²) in [4.78, 5) is 14.7. The van der Waals surface area contributed by atoms with Gasteiger partial charge in [0.05, 0.1) is 7.11 Å². The number of nitrogen functional groups attached to an aromatic ring is 1. The molecular weight excluding hydrogens is 200 g/mol. The number of hydrogen-bond acceptors (Lipinski definition) is 4. The molecule has 0 bridgehead atoms. The molecule has 0 aromatic carbocycles. The number of pyridine rings is 1. The van der Waals surface area contributed by atoms with E-state index in [-0.39, 0.29) is 5.97 Å². The maximum atomic E-state index is 11.2. The number of rotatable bonds is 1. The number of ether oxygens (including phenoxy) is 1. The second-order valence-corrected chi connectivity index (χ2v) is 3.87. The number of H-pyrrole nitrogens is 1. The monoisotopic (exact) mass is 209 g/mol. The summed E-state index contributed by atoms with van der Waals surface area (Å²) in [5.74, 6) is -0.328. The molecule has 0 aliphatic heterocycles. The lowest BCUT2D eigenvalue weighted by molar-refractivity contribution is -0.374. The molecule has 0 spiro atoms. The molecule has 2 heterocycles. The summed E-state index contributed by atoms with van der Waals surface area (Å²) in [7, 11) is 1.36. The zero-order chi connectivity index (χ0) is 10.1. The van der Waals surface area contributed by atoms with Gasteiger partial charge in [-0.05, 0) is 6.07 Å². The standard InChI is InChI=1S/C9H8N2O2S/c1-13-9(12)7-2-5-6(10)3-11-4-8(5)14-7/h2-4H,10H2,1H3/p+1. The molecule has 0 fully saturated rings. The van der Waals surface area contributed by atoms with Crippen molar-refractivity contribution in [3.05, 3.63) is 23.3 Å². The van der Waals surface area contributed by atoms with Gasteiger partial charge < -0.3 is 10.5 Å². The van der Waals surface area contributed by atoms with Crippen LogP contribution in [0.3, 0.4) is 0 Å². The minimum Gasteiger partial charge on any atom is -0.465 e. The second kappa shape index (κ2) is 3.26. The molecule has 0 radical (unpaired) electrons. The Morgan fingerprint density at radius 3 is 3.00 bits per heavy atom. The fraction of sp³-hybridized carbons (Fsp3) is 0.111. The molecule has 0 aliphatic carbocycles. The van der Waals surface area contributed by atoms with E-state index in [4.69, 9.17) is 5.73 Å². The van der Waals surface area contributed by atoms with Gasteiger partial charge in [-0.15, -0.1) is 11.3 Å². The first-order chi connectivity index (χ1) is 6.72. The summed E-state index contributed by atoms with van der Waals surface area (Å²) < 4.78 is 5.58. The SMILES string of the molecule is COC(=O)c1cc2c(N)c[nH+]cc2s1. The van der Waals surface area contributed by atoms with Gasteiger partial charge in [0.15, 0.2) is 12.4 Å². The highest BCUT2D eigenvalue weighted by Crippen LogP contribution is 2.28. The number of aromatic amines is 1. The molecule has 2 rings (SSSR count). The third kappa shape index (κ3) is 1.31. The van der Waals surface area contributed by atoms with Gasteiger partial charge in [0.25, 0.3) is 0 Å².